The predicted octanol–water partition coefficient (Wildman–Crippen LogP) is 5.56. The third-order valence-corrected chi connectivity index (χ3v) is 5.77. The van der Waals surface area contributed by atoms with Gasteiger partial charge in [0.25, 0.3) is 5.91 Å². The molecular formula is C25H25NO4S. The van der Waals surface area contributed by atoms with Crippen LogP contribution in [-0.4, -0.2) is 17.7 Å². The number of nitrogens with one attached hydrogen (secondary N) is 1. The minimum Gasteiger partial charge on any atom is -0.447 e. The van der Waals surface area contributed by atoms with Crippen molar-refractivity contribution in [3.8, 4) is 0 Å². The molecule has 0 saturated heterocycles. The number of hydrogen-bond donors (Lipinski definition) is 1. The van der Waals surface area contributed by atoms with Gasteiger partial charge in [-0.2, -0.15) is 0 Å². The van der Waals surface area contributed by atoms with E-state index in [0.717, 1.165) is 15.3 Å². The largest absolute Gasteiger partial charge is 0.447 e. The van der Waals surface area contributed by atoms with Crippen LogP contribution in [0.5, 0.6) is 0 Å². The number of esters is 1. The fourth-order valence-electron chi connectivity index (χ4n) is 3.19. The maximum absolute atomic E-state index is 12.9. The van der Waals surface area contributed by atoms with Crippen LogP contribution in [-0.2, 0) is 14.3 Å². The minimum absolute atomic E-state index is 0.0386. The molecule has 0 aliphatic rings. The lowest BCUT2D eigenvalue weighted by Crippen LogP contribution is -2.26. The second kappa shape index (κ2) is 10.2. The summed E-state index contributed by atoms with van der Waals surface area (Å²) in [7, 11) is 0. The highest BCUT2D eigenvalue weighted by atomic mass is 32.1. The van der Waals surface area contributed by atoms with Gasteiger partial charge in [0.1, 0.15) is 0 Å². The summed E-state index contributed by atoms with van der Waals surface area (Å²) in [5, 5.41) is 2.79. The third-order valence-electron chi connectivity index (χ3n) is 4.81. The second-order valence-corrected chi connectivity index (χ2v) is 8.85. The van der Waals surface area contributed by atoms with Crippen molar-refractivity contribution in [2.24, 2.45) is 0 Å². The van der Waals surface area contributed by atoms with Gasteiger partial charge in [-0.3, -0.25) is 14.4 Å². The fourth-order valence-corrected chi connectivity index (χ4v) is 4.14. The topological polar surface area (TPSA) is 72.5 Å². The van der Waals surface area contributed by atoms with Crippen molar-refractivity contribution in [1.82, 2.24) is 0 Å². The van der Waals surface area contributed by atoms with Crippen LogP contribution in [0.4, 0.5) is 5.69 Å². The van der Waals surface area contributed by atoms with Gasteiger partial charge in [-0.05, 0) is 39.0 Å². The van der Waals surface area contributed by atoms with Crippen molar-refractivity contribution < 1.29 is 19.1 Å². The van der Waals surface area contributed by atoms with E-state index in [1.54, 1.807) is 47.7 Å². The average Bonchev–Trinajstić information content (AvgIpc) is 3.10. The number of aryl methyl sites for hydroxylation is 3. The van der Waals surface area contributed by atoms with Crippen molar-refractivity contribution in [3.63, 3.8) is 0 Å². The maximum Gasteiger partial charge on any atom is 0.307 e. The number of ether oxygens (including phenoxy) is 1. The number of rotatable bonds is 8. The van der Waals surface area contributed by atoms with E-state index in [2.05, 4.69) is 5.32 Å². The molecule has 0 fully saturated rings. The van der Waals surface area contributed by atoms with Crippen molar-refractivity contribution in [2.75, 3.05) is 5.32 Å². The molecular weight excluding hydrogens is 410 g/mol. The number of hydrogen-bond acceptors (Lipinski definition) is 5. The first kappa shape index (κ1) is 22.4. The van der Waals surface area contributed by atoms with Crippen LogP contribution in [0.15, 0.2) is 60.7 Å². The molecule has 2 aromatic carbocycles. The first-order chi connectivity index (χ1) is 14.8. The molecule has 0 saturated carbocycles. The summed E-state index contributed by atoms with van der Waals surface area (Å²) in [6, 6.07) is 18.0. The Labute approximate surface area is 186 Å². The molecule has 0 aliphatic carbocycles. The summed E-state index contributed by atoms with van der Waals surface area (Å²) in [6.45, 7) is 5.80. The van der Waals surface area contributed by atoms with E-state index >= 15 is 0 Å². The molecule has 6 heteroatoms. The number of amides is 1. The molecule has 1 unspecified atom stereocenters. The van der Waals surface area contributed by atoms with E-state index in [1.807, 2.05) is 45.0 Å². The summed E-state index contributed by atoms with van der Waals surface area (Å²) < 4.78 is 5.52. The van der Waals surface area contributed by atoms with Gasteiger partial charge in [-0.15, -0.1) is 11.3 Å². The Morgan fingerprint density at radius 3 is 2.23 bits per heavy atom. The number of carbonyl (C=O) groups is 3. The maximum atomic E-state index is 12.9. The first-order valence-corrected chi connectivity index (χ1v) is 10.9. The summed E-state index contributed by atoms with van der Waals surface area (Å²) in [5.41, 5.74) is 2.90. The van der Waals surface area contributed by atoms with Gasteiger partial charge < -0.3 is 10.1 Å². The second-order valence-electron chi connectivity index (χ2n) is 7.39. The zero-order valence-corrected chi connectivity index (χ0v) is 18.6. The Hall–Kier alpha value is -3.25. The summed E-state index contributed by atoms with van der Waals surface area (Å²) >= 11 is 1.56. The van der Waals surface area contributed by atoms with Gasteiger partial charge in [-0.1, -0.05) is 48.0 Å². The van der Waals surface area contributed by atoms with Crippen LogP contribution >= 0.6 is 11.3 Å². The molecule has 5 nitrogen and oxygen atoms in total. The van der Waals surface area contributed by atoms with Crippen LogP contribution in [0, 0.1) is 20.8 Å². The first-order valence-electron chi connectivity index (χ1n) is 10.1. The highest BCUT2D eigenvalue weighted by Crippen LogP contribution is 2.24. The smallest absolute Gasteiger partial charge is 0.307 e. The number of Topliss-reactive ketones (excluding diaryl/α,β-unsaturated/α-hetero) is 1. The molecule has 1 N–H and O–H groups in total. The molecule has 1 aromatic heterocycles. The van der Waals surface area contributed by atoms with Crippen LogP contribution in [0.2, 0.25) is 0 Å². The van der Waals surface area contributed by atoms with E-state index in [0.29, 0.717) is 16.8 Å². The van der Waals surface area contributed by atoms with Crippen LogP contribution < -0.4 is 5.32 Å². The average molecular weight is 436 g/mol. The molecule has 0 spiro atoms. The Kier molecular flexibility index (Phi) is 7.36. The standard InChI is InChI=1S/C25H25NO4S/c1-16-9-11-20(12-10-16)26-25(29)24(19-7-5-4-6-8-19)30-23(28)14-13-22(27)21-15-17(2)31-18(21)3/h4-12,15,24H,13-14H2,1-3H3,(H,26,29). The molecule has 1 heterocycles. The van der Waals surface area contributed by atoms with Crippen molar-refractivity contribution in [2.45, 2.75) is 39.7 Å². The quantitative estimate of drug-likeness (QED) is 0.371. The van der Waals surface area contributed by atoms with Gasteiger partial charge in [-0.25, -0.2) is 0 Å². The normalized spacial score (nSPS) is 11.6. The lowest BCUT2D eigenvalue weighted by molar-refractivity contribution is -0.154. The molecule has 1 atom stereocenters. The Bertz CT molecular complexity index is 1070. The number of ketones is 1. The number of carbonyl (C=O) groups excluding carboxylic acids is 3. The van der Waals surface area contributed by atoms with Gasteiger partial charge >= 0.3 is 5.97 Å². The number of anilines is 1. The van der Waals surface area contributed by atoms with Gasteiger partial charge in [0.05, 0.1) is 6.42 Å². The number of thiophene rings is 1. The van der Waals surface area contributed by atoms with Crippen LogP contribution in [0.3, 0.4) is 0 Å². The SMILES string of the molecule is Cc1ccc(NC(=O)C(OC(=O)CCC(=O)c2cc(C)sc2C)c2ccccc2)cc1. The zero-order chi connectivity index (χ0) is 22.4. The molecule has 0 bridgehead atoms. The monoisotopic (exact) mass is 435 g/mol. The highest BCUT2D eigenvalue weighted by molar-refractivity contribution is 7.12. The fraction of sp³-hybridized carbons (Fsp3) is 0.240. The van der Waals surface area contributed by atoms with Crippen molar-refractivity contribution >= 4 is 34.7 Å². The van der Waals surface area contributed by atoms with Crippen molar-refractivity contribution in [3.05, 3.63) is 87.1 Å². The molecule has 0 radical (unpaired) electrons. The molecule has 0 aliphatic heterocycles. The molecule has 1 amide bonds. The van der Waals surface area contributed by atoms with Crippen molar-refractivity contribution in [1.29, 1.82) is 0 Å². The van der Waals surface area contributed by atoms with Gasteiger partial charge in [0.2, 0.25) is 6.10 Å². The van der Waals surface area contributed by atoms with E-state index in [-0.39, 0.29) is 18.6 Å². The summed E-state index contributed by atoms with van der Waals surface area (Å²) in [4.78, 5) is 39.8. The Balaban J connectivity index is 1.67. The highest BCUT2D eigenvalue weighted by Gasteiger charge is 2.25. The van der Waals surface area contributed by atoms with E-state index in [9.17, 15) is 14.4 Å². The third kappa shape index (κ3) is 6.12. The summed E-state index contributed by atoms with van der Waals surface area (Å²) in [5.74, 6) is -1.14. The molecule has 3 aromatic rings. The molecule has 160 valence electrons. The predicted molar refractivity (Wildman–Crippen MR) is 122 cm³/mol. The lowest BCUT2D eigenvalue weighted by Gasteiger charge is -2.18. The minimum atomic E-state index is -1.10. The molecule has 31 heavy (non-hydrogen) atoms. The van der Waals surface area contributed by atoms with E-state index in [1.165, 1.54) is 0 Å². The van der Waals surface area contributed by atoms with Crippen LogP contribution in [0.1, 0.15) is 50.2 Å². The van der Waals surface area contributed by atoms with Crippen LogP contribution in [0.25, 0.3) is 0 Å². The zero-order valence-electron chi connectivity index (χ0n) is 17.8. The Morgan fingerprint density at radius 1 is 0.935 bits per heavy atom. The van der Waals surface area contributed by atoms with E-state index in [4.69, 9.17) is 4.74 Å². The number of benzene rings is 2. The Morgan fingerprint density at radius 2 is 1.61 bits per heavy atom. The summed E-state index contributed by atoms with van der Waals surface area (Å²) in [6.07, 6.45) is -1.15. The lowest BCUT2D eigenvalue weighted by atomic mass is 10.1. The van der Waals surface area contributed by atoms with Gasteiger partial charge in [0.15, 0.2) is 5.78 Å². The molecule has 3 rings (SSSR count). The van der Waals surface area contributed by atoms with E-state index < -0.39 is 18.0 Å². The van der Waals surface area contributed by atoms with Gasteiger partial charge in [0, 0.05) is 33.0 Å².